The van der Waals surface area contributed by atoms with Gasteiger partial charge in [0.15, 0.2) is 0 Å². The van der Waals surface area contributed by atoms with Crippen LogP contribution in [-0.4, -0.2) is 14.2 Å². The molecule has 0 aliphatic carbocycles. The Morgan fingerprint density at radius 3 is 1.88 bits per heavy atom. The minimum Gasteiger partial charge on any atom is -0.309 e. The van der Waals surface area contributed by atoms with E-state index in [0.717, 1.165) is 5.82 Å². The molecule has 3 nitrogen and oxygen atoms in total. The van der Waals surface area contributed by atoms with Crippen LogP contribution in [0.25, 0.3) is 0 Å². The molecule has 0 radical (unpaired) electrons. The Morgan fingerprint density at radius 2 is 1.88 bits per heavy atom. The number of rotatable bonds is 3. The molecule has 0 heterocycles. The Labute approximate surface area is 48.8 Å². The van der Waals surface area contributed by atoms with Gasteiger partial charge in [-0.1, -0.05) is 6.58 Å². The second-order valence-electron chi connectivity index (χ2n) is 1.09. The van der Waals surface area contributed by atoms with Crippen molar-refractivity contribution in [2.45, 2.75) is 0 Å². The standard InChI is InChI=1S/C4H9O3P/c1-4-8(5,6-2)7-3/h4H,1H2,2-3H3. The lowest BCUT2D eigenvalue weighted by molar-refractivity contribution is 0.286. The minimum absolute atomic E-state index is 1.16. The highest BCUT2D eigenvalue weighted by Crippen LogP contribution is 2.46. The van der Waals surface area contributed by atoms with Gasteiger partial charge in [0.1, 0.15) is 0 Å². The van der Waals surface area contributed by atoms with Gasteiger partial charge in [0, 0.05) is 20.0 Å². The molecule has 0 aromatic heterocycles. The van der Waals surface area contributed by atoms with Gasteiger partial charge in [-0.05, 0) is 0 Å². The Balaban J connectivity index is 3.99. The average Bonchev–Trinajstić information content (AvgIpc) is 1.87. The van der Waals surface area contributed by atoms with E-state index >= 15 is 0 Å². The molecular formula is C4H9O3P. The maximum atomic E-state index is 10.8. The van der Waals surface area contributed by atoms with Crippen LogP contribution < -0.4 is 0 Å². The van der Waals surface area contributed by atoms with Gasteiger partial charge < -0.3 is 9.05 Å². The minimum atomic E-state index is -2.90. The third-order valence-corrected chi connectivity index (χ3v) is 2.20. The fourth-order valence-electron chi connectivity index (χ4n) is 0.224. The van der Waals surface area contributed by atoms with Gasteiger partial charge in [-0.15, -0.1) is 0 Å². The average molecular weight is 136 g/mol. The molecule has 0 saturated carbocycles. The van der Waals surface area contributed by atoms with Crippen molar-refractivity contribution < 1.29 is 13.6 Å². The molecule has 0 N–H and O–H groups in total. The second-order valence-corrected chi connectivity index (χ2v) is 3.26. The zero-order valence-electron chi connectivity index (χ0n) is 4.96. The molecule has 8 heavy (non-hydrogen) atoms. The summed E-state index contributed by atoms with van der Waals surface area (Å²) in [6.45, 7) is 3.26. The number of hydrogen-bond acceptors (Lipinski definition) is 3. The molecule has 0 spiro atoms. The van der Waals surface area contributed by atoms with Gasteiger partial charge in [-0.25, -0.2) is 0 Å². The molecule has 0 fully saturated rings. The molecule has 48 valence electrons. The monoisotopic (exact) mass is 136 g/mol. The highest BCUT2D eigenvalue weighted by Gasteiger charge is 2.12. The summed E-state index contributed by atoms with van der Waals surface area (Å²) in [5.74, 6) is 1.16. The lowest BCUT2D eigenvalue weighted by Gasteiger charge is -2.05. The fourth-order valence-corrected chi connectivity index (χ4v) is 0.671. The SMILES string of the molecule is C=CP(=O)(OC)OC. The zero-order valence-corrected chi connectivity index (χ0v) is 5.85. The van der Waals surface area contributed by atoms with E-state index in [4.69, 9.17) is 0 Å². The van der Waals surface area contributed by atoms with Crippen molar-refractivity contribution in [2.24, 2.45) is 0 Å². The highest BCUT2D eigenvalue weighted by molar-refractivity contribution is 7.57. The first-order chi connectivity index (χ1) is 3.68. The van der Waals surface area contributed by atoms with Crippen LogP contribution in [0.2, 0.25) is 0 Å². The van der Waals surface area contributed by atoms with Crippen LogP contribution in [0.15, 0.2) is 12.4 Å². The quantitative estimate of drug-likeness (QED) is 0.553. The lowest BCUT2D eigenvalue weighted by Crippen LogP contribution is -1.81. The Morgan fingerprint density at radius 1 is 1.50 bits per heavy atom. The van der Waals surface area contributed by atoms with Gasteiger partial charge in [-0.2, -0.15) is 0 Å². The predicted octanol–water partition coefficient (Wildman–Crippen LogP) is 1.62. The topological polar surface area (TPSA) is 35.5 Å². The Kier molecular flexibility index (Phi) is 2.98. The lowest BCUT2D eigenvalue weighted by atomic mass is 11.3. The third-order valence-electron chi connectivity index (χ3n) is 0.733. The second kappa shape index (κ2) is 3.02. The molecule has 0 saturated heterocycles. The molecule has 0 aromatic carbocycles. The normalized spacial score (nSPS) is 11.2. The maximum Gasteiger partial charge on any atom is 0.353 e. The van der Waals surface area contributed by atoms with Gasteiger partial charge in [0.25, 0.3) is 0 Å². The summed E-state index contributed by atoms with van der Waals surface area (Å²) in [5, 5.41) is 0. The fraction of sp³-hybridized carbons (Fsp3) is 0.500. The first-order valence-electron chi connectivity index (χ1n) is 2.03. The molecule has 0 rings (SSSR count). The summed E-state index contributed by atoms with van der Waals surface area (Å²) in [5.41, 5.74) is 0. The summed E-state index contributed by atoms with van der Waals surface area (Å²) in [4.78, 5) is 0. The van der Waals surface area contributed by atoms with Gasteiger partial charge in [-0.3, -0.25) is 4.57 Å². The number of hydrogen-bond donors (Lipinski definition) is 0. The van der Waals surface area contributed by atoms with Crippen LogP contribution in [0, 0.1) is 0 Å². The van der Waals surface area contributed by atoms with E-state index in [-0.39, 0.29) is 0 Å². The summed E-state index contributed by atoms with van der Waals surface area (Å²) in [6.07, 6.45) is 0. The van der Waals surface area contributed by atoms with Crippen LogP contribution >= 0.6 is 7.60 Å². The van der Waals surface area contributed by atoms with Gasteiger partial charge >= 0.3 is 7.60 Å². The van der Waals surface area contributed by atoms with Crippen LogP contribution in [0.1, 0.15) is 0 Å². The first-order valence-corrected chi connectivity index (χ1v) is 3.64. The molecule has 0 bridgehead atoms. The van der Waals surface area contributed by atoms with Crippen molar-refractivity contribution in [3.8, 4) is 0 Å². The Bertz CT molecular complexity index is 112. The van der Waals surface area contributed by atoms with Crippen molar-refractivity contribution in [1.82, 2.24) is 0 Å². The van der Waals surface area contributed by atoms with E-state index in [0.29, 0.717) is 0 Å². The summed E-state index contributed by atoms with van der Waals surface area (Å²) >= 11 is 0. The smallest absolute Gasteiger partial charge is 0.309 e. The van der Waals surface area contributed by atoms with Crippen LogP contribution in [0.3, 0.4) is 0 Å². The van der Waals surface area contributed by atoms with Crippen molar-refractivity contribution in [2.75, 3.05) is 14.2 Å². The van der Waals surface area contributed by atoms with E-state index < -0.39 is 7.60 Å². The maximum absolute atomic E-state index is 10.8. The van der Waals surface area contributed by atoms with E-state index in [1.165, 1.54) is 14.2 Å². The van der Waals surface area contributed by atoms with Gasteiger partial charge in [0.05, 0.1) is 0 Å². The van der Waals surface area contributed by atoms with Crippen LogP contribution in [0.5, 0.6) is 0 Å². The predicted molar refractivity (Wildman–Crippen MR) is 31.8 cm³/mol. The molecule has 0 aliphatic heterocycles. The van der Waals surface area contributed by atoms with Gasteiger partial charge in [0.2, 0.25) is 0 Å². The van der Waals surface area contributed by atoms with Crippen molar-refractivity contribution >= 4 is 7.60 Å². The van der Waals surface area contributed by atoms with E-state index in [9.17, 15) is 4.57 Å². The molecule has 0 aliphatic rings. The molecular weight excluding hydrogens is 127 g/mol. The van der Waals surface area contributed by atoms with E-state index in [1.54, 1.807) is 0 Å². The largest absolute Gasteiger partial charge is 0.353 e. The van der Waals surface area contributed by atoms with E-state index in [1.807, 2.05) is 0 Å². The molecule has 0 unspecified atom stereocenters. The van der Waals surface area contributed by atoms with Crippen LogP contribution in [0.4, 0.5) is 0 Å². The zero-order chi connectivity index (χ0) is 6.62. The first kappa shape index (κ1) is 7.89. The summed E-state index contributed by atoms with van der Waals surface area (Å²) < 4.78 is 19.7. The molecule has 0 aromatic rings. The highest BCUT2D eigenvalue weighted by atomic mass is 31.2. The summed E-state index contributed by atoms with van der Waals surface area (Å²) in [6, 6.07) is 0. The molecule has 0 atom stereocenters. The van der Waals surface area contributed by atoms with Crippen molar-refractivity contribution in [3.63, 3.8) is 0 Å². The van der Waals surface area contributed by atoms with Crippen molar-refractivity contribution in [1.29, 1.82) is 0 Å². The molecule has 0 amide bonds. The Hall–Kier alpha value is -0.110. The van der Waals surface area contributed by atoms with Crippen molar-refractivity contribution in [3.05, 3.63) is 12.4 Å². The third kappa shape index (κ3) is 1.78. The van der Waals surface area contributed by atoms with E-state index in [2.05, 4.69) is 15.6 Å². The summed E-state index contributed by atoms with van der Waals surface area (Å²) in [7, 11) is -0.275. The molecule has 4 heteroatoms. The van der Waals surface area contributed by atoms with Crippen LogP contribution in [-0.2, 0) is 13.6 Å².